The molecular weight excluding hydrogens is 401 g/mol. The van der Waals surface area contributed by atoms with E-state index >= 15 is 0 Å². The summed E-state index contributed by atoms with van der Waals surface area (Å²) in [7, 11) is 1.66. The molecule has 1 aliphatic rings. The van der Waals surface area contributed by atoms with Gasteiger partial charge in [-0.05, 0) is 18.2 Å². The second kappa shape index (κ2) is 11.2. The summed E-state index contributed by atoms with van der Waals surface area (Å²) in [6.45, 7) is 2.88. The number of nitrogens with one attached hydrogen (secondary N) is 2. The molecule has 1 aromatic carbocycles. The number of hydrogen-bond acceptors (Lipinski definition) is 7. The maximum absolute atomic E-state index is 12.1. The smallest absolute Gasteiger partial charge is 0.270 e. The molecule has 0 aliphatic carbocycles. The highest BCUT2D eigenvalue weighted by Gasteiger charge is 2.16. The van der Waals surface area contributed by atoms with Crippen molar-refractivity contribution in [1.82, 2.24) is 15.6 Å². The van der Waals surface area contributed by atoms with E-state index < -0.39 is 0 Å². The number of nitrogens with zero attached hydrogens (tertiary/aromatic N) is 1. The molecule has 7 nitrogen and oxygen atoms in total. The van der Waals surface area contributed by atoms with Gasteiger partial charge in [0.25, 0.3) is 5.91 Å². The maximum Gasteiger partial charge on any atom is 0.270 e. The predicted octanol–water partition coefficient (Wildman–Crippen LogP) is 2.35. The van der Waals surface area contributed by atoms with Crippen LogP contribution in [0.3, 0.4) is 0 Å². The van der Waals surface area contributed by atoms with Crippen LogP contribution in [-0.4, -0.2) is 51.0 Å². The number of methoxy groups -OCH3 is 1. The summed E-state index contributed by atoms with van der Waals surface area (Å²) < 4.78 is 15.6. The molecule has 2 N–H and O–H groups in total. The molecule has 26 heavy (non-hydrogen) atoms. The Morgan fingerprint density at radius 1 is 1.23 bits per heavy atom. The fourth-order valence-electron chi connectivity index (χ4n) is 2.19. The highest BCUT2D eigenvalue weighted by atomic mass is 35.5. The van der Waals surface area contributed by atoms with E-state index in [1.807, 2.05) is 18.2 Å². The summed E-state index contributed by atoms with van der Waals surface area (Å²) in [5, 5.41) is 8.54. The zero-order valence-corrected chi connectivity index (χ0v) is 16.6. The van der Waals surface area contributed by atoms with Crippen LogP contribution in [0.1, 0.15) is 10.5 Å². The predicted molar refractivity (Wildman–Crippen MR) is 105 cm³/mol. The van der Waals surface area contributed by atoms with Crippen LogP contribution in [0.25, 0.3) is 10.6 Å². The molecule has 0 saturated carbocycles. The van der Waals surface area contributed by atoms with Gasteiger partial charge in [-0.25, -0.2) is 4.98 Å². The van der Waals surface area contributed by atoms with Crippen molar-refractivity contribution >= 4 is 42.1 Å². The van der Waals surface area contributed by atoms with Crippen LogP contribution in [0.5, 0.6) is 11.5 Å². The van der Waals surface area contributed by atoms with Gasteiger partial charge in [0.05, 0.1) is 6.61 Å². The largest absolute Gasteiger partial charge is 0.454 e. The minimum absolute atomic E-state index is 0. The number of thiazole rings is 1. The number of benzene rings is 1. The van der Waals surface area contributed by atoms with Gasteiger partial charge in [-0.15, -0.1) is 36.2 Å². The Kier molecular flexibility index (Phi) is 9.68. The maximum atomic E-state index is 12.1. The van der Waals surface area contributed by atoms with Crippen molar-refractivity contribution < 1.29 is 19.0 Å². The SMILES string of the molecule is COCCNCCNC(=O)c1csc(-c2ccc3c(c2)OCO3)n1.Cl.Cl. The van der Waals surface area contributed by atoms with Crippen molar-refractivity contribution in [3.8, 4) is 22.1 Å². The number of carbonyl (C=O) groups is 1. The van der Waals surface area contributed by atoms with Crippen LogP contribution < -0.4 is 20.1 Å². The molecule has 0 atom stereocenters. The quantitative estimate of drug-likeness (QED) is 0.636. The molecule has 1 aliphatic heterocycles. The summed E-state index contributed by atoms with van der Waals surface area (Å²) in [6.07, 6.45) is 0. The first-order valence-corrected chi connectivity index (χ1v) is 8.49. The van der Waals surface area contributed by atoms with Crippen LogP contribution in [-0.2, 0) is 4.74 Å². The molecule has 0 radical (unpaired) electrons. The fraction of sp³-hybridized carbons (Fsp3) is 0.375. The monoisotopic (exact) mass is 421 g/mol. The van der Waals surface area contributed by atoms with Crippen LogP contribution >= 0.6 is 36.2 Å². The van der Waals surface area contributed by atoms with E-state index in [9.17, 15) is 4.79 Å². The average molecular weight is 422 g/mol. The Balaban J connectivity index is 0.00000169. The zero-order chi connectivity index (χ0) is 16.8. The summed E-state index contributed by atoms with van der Waals surface area (Å²) in [5.41, 5.74) is 1.33. The molecule has 0 spiro atoms. The Labute approximate surface area is 168 Å². The van der Waals surface area contributed by atoms with Gasteiger partial charge in [0.1, 0.15) is 10.7 Å². The second-order valence-corrected chi connectivity index (χ2v) is 5.96. The van der Waals surface area contributed by atoms with Gasteiger partial charge in [0.15, 0.2) is 11.5 Å². The zero-order valence-electron chi connectivity index (χ0n) is 14.1. The van der Waals surface area contributed by atoms with Crippen molar-refractivity contribution in [2.75, 3.05) is 40.1 Å². The van der Waals surface area contributed by atoms with E-state index in [1.165, 1.54) is 11.3 Å². The van der Waals surface area contributed by atoms with Gasteiger partial charge in [-0.1, -0.05) is 0 Å². The third-order valence-electron chi connectivity index (χ3n) is 3.43. The van der Waals surface area contributed by atoms with Crippen molar-refractivity contribution in [2.24, 2.45) is 0 Å². The summed E-state index contributed by atoms with van der Waals surface area (Å²) in [4.78, 5) is 16.5. The lowest BCUT2D eigenvalue weighted by atomic mass is 10.2. The van der Waals surface area contributed by atoms with E-state index in [1.54, 1.807) is 12.5 Å². The molecule has 0 unspecified atom stereocenters. The third-order valence-corrected chi connectivity index (χ3v) is 4.32. The van der Waals surface area contributed by atoms with Gasteiger partial charge in [-0.2, -0.15) is 0 Å². The van der Waals surface area contributed by atoms with E-state index in [-0.39, 0.29) is 37.5 Å². The van der Waals surface area contributed by atoms with Crippen LogP contribution in [0, 0.1) is 0 Å². The lowest BCUT2D eigenvalue weighted by molar-refractivity contribution is 0.0949. The second-order valence-electron chi connectivity index (χ2n) is 5.10. The molecule has 144 valence electrons. The van der Waals surface area contributed by atoms with Crippen molar-refractivity contribution in [3.63, 3.8) is 0 Å². The molecule has 10 heteroatoms. The molecule has 2 aromatic rings. The molecule has 2 heterocycles. The van der Waals surface area contributed by atoms with Gasteiger partial charge in [0.2, 0.25) is 6.79 Å². The van der Waals surface area contributed by atoms with E-state index in [2.05, 4.69) is 15.6 Å². The lowest BCUT2D eigenvalue weighted by Gasteiger charge is -2.05. The number of carbonyl (C=O) groups excluding carboxylic acids is 1. The molecule has 0 saturated heterocycles. The van der Waals surface area contributed by atoms with Crippen molar-refractivity contribution in [3.05, 3.63) is 29.3 Å². The number of halogens is 2. The van der Waals surface area contributed by atoms with Gasteiger partial charge >= 0.3 is 0 Å². The van der Waals surface area contributed by atoms with Gasteiger partial charge in [-0.3, -0.25) is 4.79 Å². The first-order valence-electron chi connectivity index (χ1n) is 7.61. The van der Waals surface area contributed by atoms with Gasteiger partial charge in [0, 0.05) is 37.7 Å². The number of aromatic nitrogens is 1. The first kappa shape index (κ1) is 22.5. The molecule has 1 aromatic heterocycles. The number of rotatable bonds is 8. The highest BCUT2D eigenvalue weighted by Crippen LogP contribution is 2.36. The topological polar surface area (TPSA) is 81.7 Å². The van der Waals surface area contributed by atoms with Crippen molar-refractivity contribution in [1.29, 1.82) is 0 Å². The molecule has 0 fully saturated rings. The number of fused-ring (bicyclic) bond motifs is 1. The van der Waals surface area contributed by atoms with Crippen LogP contribution in [0.4, 0.5) is 0 Å². The summed E-state index contributed by atoms with van der Waals surface area (Å²) in [5.74, 6) is 1.26. The van der Waals surface area contributed by atoms with Gasteiger partial charge < -0.3 is 24.8 Å². The Bertz CT molecular complexity index is 715. The molecule has 3 rings (SSSR count). The Morgan fingerprint density at radius 3 is 2.85 bits per heavy atom. The molecule has 1 amide bonds. The normalized spacial score (nSPS) is 11.4. The minimum Gasteiger partial charge on any atom is -0.454 e. The van der Waals surface area contributed by atoms with Crippen LogP contribution in [0.15, 0.2) is 23.6 Å². The standard InChI is InChI=1S/C16H19N3O4S.2ClH/c1-21-7-6-17-4-5-18-15(20)12-9-24-16(19-12)11-2-3-13-14(8-11)23-10-22-13;;/h2-3,8-9,17H,4-7,10H2,1H3,(H,18,20);2*1H. The summed E-state index contributed by atoms with van der Waals surface area (Å²) in [6, 6.07) is 5.64. The fourth-order valence-corrected chi connectivity index (χ4v) is 2.99. The first-order chi connectivity index (χ1) is 11.8. The number of hydrogen-bond donors (Lipinski definition) is 2. The van der Waals surface area contributed by atoms with E-state index in [4.69, 9.17) is 14.2 Å². The molecule has 0 bridgehead atoms. The third kappa shape index (κ3) is 5.72. The summed E-state index contributed by atoms with van der Waals surface area (Å²) >= 11 is 1.43. The number of amides is 1. The van der Waals surface area contributed by atoms with E-state index in [0.717, 1.165) is 22.9 Å². The lowest BCUT2D eigenvalue weighted by Crippen LogP contribution is -2.33. The highest BCUT2D eigenvalue weighted by molar-refractivity contribution is 7.13. The number of ether oxygens (including phenoxy) is 3. The average Bonchev–Trinajstić information content (AvgIpc) is 3.26. The van der Waals surface area contributed by atoms with E-state index in [0.29, 0.717) is 31.1 Å². The Hall–Kier alpha value is -1.58. The minimum atomic E-state index is -0.174. The molecular formula is C16H21Cl2N3O4S. The van der Waals surface area contributed by atoms with Crippen LogP contribution in [0.2, 0.25) is 0 Å². The van der Waals surface area contributed by atoms with Crippen molar-refractivity contribution in [2.45, 2.75) is 0 Å². The Morgan fingerprint density at radius 2 is 2.04 bits per heavy atom.